The minimum atomic E-state index is -3.14. The summed E-state index contributed by atoms with van der Waals surface area (Å²) in [5.41, 5.74) is 1.65. The summed E-state index contributed by atoms with van der Waals surface area (Å²) in [6.45, 7) is -1.59. The zero-order valence-corrected chi connectivity index (χ0v) is 16.2. The Hall–Kier alpha value is -1.36. The molecule has 2 aromatic carbocycles. The van der Waals surface area contributed by atoms with Crippen LogP contribution in [0.5, 0.6) is 0 Å². The third-order valence-electron chi connectivity index (χ3n) is 3.38. The minimum Gasteiger partial charge on any atom is -0.459 e. The van der Waals surface area contributed by atoms with Crippen LogP contribution in [0.4, 0.5) is 20.2 Å². The summed E-state index contributed by atoms with van der Waals surface area (Å²) in [6, 6.07) is 12.0. The van der Waals surface area contributed by atoms with Crippen molar-refractivity contribution in [1.82, 2.24) is 4.30 Å². The van der Waals surface area contributed by atoms with Gasteiger partial charge in [0.05, 0.1) is 22.2 Å². The number of ether oxygens (including phenoxy) is 1. The molecule has 2 radical (unpaired) electrons. The maximum absolute atomic E-state index is 13.4. The Labute approximate surface area is 168 Å². The first-order chi connectivity index (χ1) is 12.3. The molecule has 2 rings (SSSR count). The first-order valence-electron chi connectivity index (χ1n) is 7.58. The highest BCUT2D eigenvalue weighted by Crippen LogP contribution is 2.33. The van der Waals surface area contributed by atoms with Gasteiger partial charge in [-0.15, -0.1) is 0 Å². The van der Waals surface area contributed by atoms with Crippen LogP contribution in [0, 0.1) is 0 Å². The van der Waals surface area contributed by atoms with Gasteiger partial charge in [0.25, 0.3) is 22.4 Å². The fraction of sp³-hybridized carbons (Fsp3) is 0.235. The Morgan fingerprint density at radius 3 is 2.42 bits per heavy atom. The summed E-state index contributed by atoms with van der Waals surface area (Å²) in [6.07, 6.45) is -0.171. The highest BCUT2D eigenvalue weighted by molar-refractivity contribution is 6.39. The Balaban J connectivity index is 2.08. The quantitative estimate of drug-likeness (QED) is 0.503. The summed E-state index contributed by atoms with van der Waals surface area (Å²) in [4.78, 5) is 11.9. The molecule has 0 atom stereocenters. The second kappa shape index (κ2) is 9.54. The lowest BCUT2D eigenvalue weighted by atomic mass is 10.1. The number of nitrogens with one attached hydrogen (secondary N) is 2. The molecule has 26 heavy (non-hydrogen) atoms. The van der Waals surface area contributed by atoms with Gasteiger partial charge in [-0.25, -0.2) is 8.78 Å². The maximum Gasteiger partial charge on any atom is 0.310 e. The molecule has 0 spiro atoms. The van der Waals surface area contributed by atoms with Gasteiger partial charge < -0.3 is 14.4 Å². The minimum absolute atomic E-state index is 0.171. The van der Waals surface area contributed by atoms with Gasteiger partial charge in [-0.05, 0) is 23.8 Å². The van der Waals surface area contributed by atoms with E-state index in [4.69, 9.17) is 27.9 Å². The van der Waals surface area contributed by atoms with Crippen LogP contribution in [0.15, 0.2) is 42.5 Å². The molecule has 0 heterocycles. The number of halogens is 4. The van der Waals surface area contributed by atoms with E-state index in [-0.39, 0.29) is 6.42 Å². The number of anilines is 2. The van der Waals surface area contributed by atoms with Crippen LogP contribution >= 0.6 is 23.2 Å². The summed E-state index contributed by atoms with van der Waals surface area (Å²) >= 11 is 14.3. The number of para-hydroxylation sites is 2. The van der Waals surface area contributed by atoms with E-state index in [0.717, 1.165) is 0 Å². The van der Waals surface area contributed by atoms with E-state index < -0.39 is 25.0 Å². The van der Waals surface area contributed by atoms with Crippen molar-refractivity contribution >= 4 is 57.1 Å². The van der Waals surface area contributed by atoms with Crippen molar-refractivity contribution < 1.29 is 18.3 Å². The van der Waals surface area contributed by atoms with Gasteiger partial charge >= 0.3 is 5.97 Å². The van der Waals surface area contributed by atoms with Crippen LogP contribution in [0.1, 0.15) is 5.56 Å². The predicted molar refractivity (Wildman–Crippen MR) is 99.6 cm³/mol. The van der Waals surface area contributed by atoms with Crippen LogP contribution < -0.4 is 9.62 Å². The van der Waals surface area contributed by atoms with Crippen molar-refractivity contribution in [3.8, 4) is 0 Å². The zero-order valence-electron chi connectivity index (χ0n) is 13.6. The number of hydrogen-bond acceptors (Lipinski definition) is 4. The van der Waals surface area contributed by atoms with E-state index in [2.05, 4.69) is 9.62 Å². The van der Waals surface area contributed by atoms with Crippen LogP contribution in [0.2, 0.25) is 10.0 Å². The van der Waals surface area contributed by atoms with Crippen molar-refractivity contribution in [3.05, 3.63) is 58.1 Å². The Morgan fingerprint density at radius 2 is 1.77 bits per heavy atom. The lowest BCUT2D eigenvalue weighted by Crippen LogP contribution is -2.36. The number of carbonyl (C=O) groups excluding carboxylic acids is 1. The topological polar surface area (TPSA) is 50.4 Å². The van der Waals surface area contributed by atoms with Crippen molar-refractivity contribution in [3.63, 3.8) is 0 Å². The molecule has 0 aliphatic rings. The highest BCUT2D eigenvalue weighted by atomic mass is 35.5. The predicted octanol–water partition coefficient (Wildman–Crippen LogP) is 4.13. The summed E-state index contributed by atoms with van der Waals surface area (Å²) < 4.78 is 33.7. The number of rotatable bonds is 8. The van der Waals surface area contributed by atoms with Gasteiger partial charge in [-0.1, -0.05) is 47.5 Å². The van der Waals surface area contributed by atoms with Crippen molar-refractivity contribution in [1.29, 1.82) is 0 Å². The standard InChI is InChI=1S/C17H15Cl2F2N2O2.Al/c18-12-5-3-6-13(19)16(12)23-14-7-2-1-4-11(14)8-15(24)25-10-17(20,21)9-22;/h1-7,22-23H,8-10H2;/q-1;+1. The Bertz CT molecular complexity index is 758. The van der Waals surface area contributed by atoms with Gasteiger partial charge in [0.2, 0.25) is 0 Å². The van der Waals surface area contributed by atoms with Crippen LogP contribution in [-0.2, 0) is 16.0 Å². The van der Waals surface area contributed by atoms with E-state index in [0.29, 0.717) is 27.0 Å². The molecule has 0 fully saturated rings. The number of benzene rings is 2. The van der Waals surface area contributed by atoms with Crippen molar-refractivity contribution in [2.45, 2.75) is 12.3 Å². The highest BCUT2D eigenvalue weighted by Gasteiger charge is 2.29. The molecule has 2 aromatic rings. The van der Waals surface area contributed by atoms with Crippen LogP contribution in [0.3, 0.4) is 0 Å². The molecule has 9 heteroatoms. The molecule has 0 saturated carbocycles. The number of carbonyl (C=O) groups is 1. The third-order valence-corrected chi connectivity index (χ3v) is 4.21. The Morgan fingerprint density at radius 1 is 1.12 bits per heavy atom. The molecular weight excluding hydrogens is 400 g/mol. The van der Waals surface area contributed by atoms with Gasteiger partial charge in [-0.3, -0.25) is 4.79 Å². The average molecular weight is 415 g/mol. The van der Waals surface area contributed by atoms with Crippen molar-refractivity contribution in [2.75, 3.05) is 18.5 Å². The average Bonchev–Trinajstić information content (AvgIpc) is 2.58. The second-order valence-electron chi connectivity index (χ2n) is 5.45. The van der Waals surface area contributed by atoms with E-state index in [9.17, 15) is 13.6 Å². The molecule has 0 bridgehead atoms. The van der Waals surface area contributed by atoms with Crippen LogP contribution in [-0.4, -0.2) is 41.6 Å². The summed E-state index contributed by atoms with van der Waals surface area (Å²) in [5.74, 6) is -3.90. The first-order valence-corrected chi connectivity index (χ1v) is 8.91. The lowest BCUT2D eigenvalue weighted by molar-refractivity contribution is -0.153. The molecule has 2 N–H and O–H groups in total. The zero-order chi connectivity index (χ0) is 19.2. The molecule has 0 unspecified atom stereocenters. The molecule has 0 saturated heterocycles. The van der Waals surface area contributed by atoms with Gasteiger partial charge in [0.1, 0.15) is 0 Å². The smallest absolute Gasteiger partial charge is 0.310 e. The number of alkyl halides is 2. The fourth-order valence-electron chi connectivity index (χ4n) is 2.14. The van der Waals surface area contributed by atoms with E-state index in [1.165, 1.54) is 0 Å². The van der Waals surface area contributed by atoms with E-state index in [1.54, 1.807) is 42.5 Å². The normalized spacial score (nSPS) is 11.2. The lowest BCUT2D eigenvalue weighted by Gasteiger charge is -2.17. The third kappa shape index (κ3) is 6.12. The molecule has 136 valence electrons. The number of esters is 1. The van der Waals surface area contributed by atoms with Gasteiger partial charge in [-0.2, -0.15) is 0 Å². The van der Waals surface area contributed by atoms with Gasteiger partial charge in [0.15, 0.2) is 6.61 Å². The van der Waals surface area contributed by atoms with E-state index in [1.807, 2.05) is 16.5 Å². The first kappa shape index (κ1) is 20.9. The molecule has 0 aliphatic heterocycles. The molecule has 0 amide bonds. The molecular formula is C17H15AlCl2F2N2O2. The van der Waals surface area contributed by atoms with Gasteiger partial charge in [0, 0.05) is 12.2 Å². The largest absolute Gasteiger partial charge is 0.459 e. The summed E-state index contributed by atoms with van der Waals surface area (Å²) in [5, 5.41) is 3.91. The molecule has 4 nitrogen and oxygen atoms in total. The maximum atomic E-state index is 13.4. The number of hydrogen-bond donors (Lipinski definition) is 2. The second-order valence-corrected chi connectivity index (χ2v) is 6.68. The van der Waals surface area contributed by atoms with E-state index >= 15 is 0 Å². The van der Waals surface area contributed by atoms with Crippen LogP contribution in [0.25, 0.3) is 0 Å². The monoisotopic (exact) mass is 414 g/mol. The summed E-state index contributed by atoms with van der Waals surface area (Å²) in [7, 11) is 0. The Kier molecular flexibility index (Phi) is 7.69. The molecule has 0 aliphatic carbocycles. The molecule has 0 aromatic heterocycles. The van der Waals surface area contributed by atoms with Crippen molar-refractivity contribution in [2.24, 2.45) is 0 Å². The fourth-order valence-corrected chi connectivity index (χ4v) is 2.93. The SMILES string of the molecule is O=C(Cc1ccccc1Nc1c(Cl)cccc1Cl)OCC(F)(F)C[NH][Al].